The highest BCUT2D eigenvalue weighted by Gasteiger charge is 2.07. The van der Waals surface area contributed by atoms with E-state index < -0.39 is 6.04 Å². The molecule has 11 heavy (non-hydrogen) atoms. The fourth-order valence-electron chi connectivity index (χ4n) is 0.520. The maximum atomic E-state index is 10.7. The Morgan fingerprint density at radius 3 is 2.45 bits per heavy atom. The average molecular weight is 157 g/mol. The molecule has 0 spiro atoms. The van der Waals surface area contributed by atoms with Gasteiger partial charge in [0.05, 0.1) is 25.7 Å². The van der Waals surface area contributed by atoms with Crippen LogP contribution in [0.2, 0.25) is 0 Å². The van der Waals surface area contributed by atoms with Crippen LogP contribution in [0.3, 0.4) is 0 Å². The molecule has 0 aliphatic rings. The van der Waals surface area contributed by atoms with Crippen molar-refractivity contribution in [3.05, 3.63) is 0 Å². The van der Waals surface area contributed by atoms with Crippen molar-refractivity contribution in [2.45, 2.75) is 12.5 Å². The van der Waals surface area contributed by atoms with Gasteiger partial charge < -0.3 is 15.5 Å². The van der Waals surface area contributed by atoms with Crippen LogP contribution in [0.15, 0.2) is 0 Å². The lowest BCUT2D eigenvalue weighted by molar-refractivity contribution is -0.121. The van der Waals surface area contributed by atoms with Crippen LogP contribution >= 0.6 is 0 Å². The van der Waals surface area contributed by atoms with Crippen molar-refractivity contribution in [3.8, 4) is 12.3 Å². The molecule has 0 saturated carbocycles. The second kappa shape index (κ2) is 5.71. The summed E-state index contributed by atoms with van der Waals surface area (Å²) in [6.07, 6.45) is 4.82. The Morgan fingerprint density at radius 2 is 2.09 bits per heavy atom. The first-order valence-corrected chi connectivity index (χ1v) is 3.19. The third kappa shape index (κ3) is 4.37. The van der Waals surface area contributed by atoms with Gasteiger partial charge in [-0.1, -0.05) is 5.92 Å². The second-order valence-corrected chi connectivity index (χ2v) is 2.01. The molecule has 0 fully saturated rings. The van der Waals surface area contributed by atoms with Gasteiger partial charge in [-0.05, 0) is 0 Å². The van der Waals surface area contributed by atoms with Crippen LogP contribution in [0.25, 0.3) is 0 Å². The van der Waals surface area contributed by atoms with Crippen molar-refractivity contribution in [2.24, 2.45) is 0 Å². The molecule has 0 aromatic carbocycles. The van der Waals surface area contributed by atoms with Crippen LogP contribution in [0.5, 0.6) is 0 Å². The summed E-state index contributed by atoms with van der Waals surface area (Å²) in [6.45, 7) is -0.570. The number of hydrogen-bond acceptors (Lipinski definition) is 3. The van der Waals surface area contributed by atoms with E-state index in [1.54, 1.807) is 0 Å². The molecule has 0 aliphatic carbocycles. The largest absolute Gasteiger partial charge is 0.394 e. The maximum absolute atomic E-state index is 10.7. The Hall–Kier alpha value is -1.05. The van der Waals surface area contributed by atoms with Gasteiger partial charge in [-0.2, -0.15) is 0 Å². The quantitative estimate of drug-likeness (QED) is 0.434. The van der Waals surface area contributed by atoms with Gasteiger partial charge in [0.25, 0.3) is 0 Å². The molecule has 0 rings (SSSR count). The van der Waals surface area contributed by atoms with Crippen LogP contribution in [-0.2, 0) is 4.79 Å². The molecule has 0 aliphatic heterocycles. The molecule has 3 N–H and O–H groups in total. The van der Waals surface area contributed by atoms with E-state index in [2.05, 4.69) is 11.2 Å². The van der Waals surface area contributed by atoms with Gasteiger partial charge in [0.2, 0.25) is 5.91 Å². The van der Waals surface area contributed by atoms with Crippen molar-refractivity contribution >= 4 is 5.91 Å². The number of carbonyl (C=O) groups excluding carboxylic acids is 1. The molecule has 0 aromatic heterocycles. The molecule has 0 bridgehead atoms. The van der Waals surface area contributed by atoms with Gasteiger partial charge in [0, 0.05) is 0 Å². The summed E-state index contributed by atoms with van der Waals surface area (Å²) in [7, 11) is 0. The molecular weight excluding hydrogens is 146 g/mol. The Morgan fingerprint density at radius 1 is 1.55 bits per heavy atom. The summed E-state index contributed by atoms with van der Waals surface area (Å²) in [5.74, 6) is 1.79. The van der Waals surface area contributed by atoms with Crippen molar-refractivity contribution in [2.75, 3.05) is 13.2 Å². The van der Waals surface area contributed by atoms with E-state index in [0.717, 1.165) is 0 Å². The number of terminal acetylenes is 1. The van der Waals surface area contributed by atoms with Crippen molar-refractivity contribution in [1.82, 2.24) is 5.32 Å². The first kappa shape index (κ1) is 9.95. The van der Waals surface area contributed by atoms with Gasteiger partial charge in [-0.3, -0.25) is 4.79 Å². The highest BCUT2D eigenvalue weighted by atomic mass is 16.3. The minimum Gasteiger partial charge on any atom is -0.394 e. The Balaban J connectivity index is 3.64. The lowest BCUT2D eigenvalue weighted by Gasteiger charge is -2.11. The van der Waals surface area contributed by atoms with Gasteiger partial charge in [-0.15, -0.1) is 6.42 Å². The van der Waals surface area contributed by atoms with Crippen LogP contribution in [-0.4, -0.2) is 35.4 Å². The van der Waals surface area contributed by atoms with E-state index in [1.165, 1.54) is 0 Å². The number of rotatable bonds is 4. The molecule has 0 atom stereocenters. The second-order valence-electron chi connectivity index (χ2n) is 2.01. The lowest BCUT2D eigenvalue weighted by Crippen LogP contribution is -2.39. The Kier molecular flexibility index (Phi) is 5.17. The number of carbonyl (C=O) groups is 1. The zero-order valence-electron chi connectivity index (χ0n) is 6.08. The highest BCUT2D eigenvalue weighted by Crippen LogP contribution is 1.82. The molecule has 0 unspecified atom stereocenters. The number of aliphatic hydroxyl groups is 2. The Labute approximate surface area is 65.2 Å². The van der Waals surface area contributed by atoms with Crippen LogP contribution < -0.4 is 5.32 Å². The van der Waals surface area contributed by atoms with Crippen LogP contribution in [0.4, 0.5) is 0 Å². The molecule has 0 radical (unpaired) electrons. The highest BCUT2D eigenvalue weighted by molar-refractivity contribution is 5.78. The van der Waals surface area contributed by atoms with Crippen molar-refractivity contribution in [1.29, 1.82) is 0 Å². The molecule has 4 nitrogen and oxygen atoms in total. The zero-order chi connectivity index (χ0) is 8.69. The lowest BCUT2D eigenvalue weighted by atomic mass is 10.3. The van der Waals surface area contributed by atoms with Gasteiger partial charge >= 0.3 is 0 Å². The third-order valence-corrected chi connectivity index (χ3v) is 1.07. The molecular formula is C7H11NO3. The summed E-state index contributed by atoms with van der Waals surface area (Å²) in [6, 6.07) is -0.601. The SMILES string of the molecule is C#CCC(=O)NC(CO)CO. The summed E-state index contributed by atoms with van der Waals surface area (Å²) >= 11 is 0. The van der Waals surface area contributed by atoms with E-state index in [9.17, 15) is 4.79 Å². The molecule has 62 valence electrons. The summed E-state index contributed by atoms with van der Waals surface area (Å²) in [4.78, 5) is 10.7. The summed E-state index contributed by atoms with van der Waals surface area (Å²) in [5, 5.41) is 19.4. The number of hydrogen-bond donors (Lipinski definition) is 3. The van der Waals surface area contributed by atoms with E-state index in [0.29, 0.717) is 0 Å². The smallest absolute Gasteiger partial charge is 0.232 e. The predicted molar refractivity (Wildman–Crippen MR) is 39.6 cm³/mol. The van der Waals surface area contributed by atoms with E-state index in [1.807, 2.05) is 0 Å². The third-order valence-electron chi connectivity index (χ3n) is 1.07. The standard InChI is InChI=1S/C7H11NO3/c1-2-3-7(11)8-6(4-9)5-10/h1,6,9-10H,3-5H2,(H,8,11). The predicted octanol–water partition coefficient (Wildman–Crippen LogP) is -1.52. The molecule has 1 amide bonds. The van der Waals surface area contributed by atoms with E-state index in [-0.39, 0.29) is 25.5 Å². The number of aliphatic hydroxyl groups excluding tert-OH is 2. The van der Waals surface area contributed by atoms with Gasteiger partial charge in [-0.25, -0.2) is 0 Å². The minimum atomic E-state index is -0.601. The maximum Gasteiger partial charge on any atom is 0.232 e. The molecule has 0 heterocycles. The fraction of sp³-hybridized carbons (Fsp3) is 0.571. The summed E-state index contributed by atoms with van der Waals surface area (Å²) < 4.78 is 0. The van der Waals surface area contributed by atoms with E-state index in [4.69, 9.17) is 16.6 Å². The Bertz CT molecular complexity index is 158. The van der Waals surface area contributed by atoms with Crippen LogP contribution in [0, 0.1) is 12.3 Å². The fourth-order valence-corrected chi connectivity index (χ4v) is 0.520. The molecule has 0 saturated heterocycles. The average Bonchev–Trinajstić information content (AvgIpc) is 2.01. The van der Waals surface area contributed by atoms with Crippen molar-refractivity contribution < 1.29 is 15.0 Å². The summed E-state index contributed by atoms with van der Waals surface area (Å²) in [5.41, 5.74) is 0. The number of amides is 1. The van der Waals surface area contributed by atoms with Gasteiger partial charge in [0.1, 0.15) is 0 Å². The normalized spacial score (nSPS) is 9.27. The zero-order valence-corrected chi connectivity index (χ0v) is 6.08. The van der Waals surface area contributed by atoms with E-state index >= 15 is 0 Å². The topological polar surface area (TPSA) is 69.6 Å². The monoisotopic (exact) mass is 157 g/mol. The first-order valence-electron chi connectivity index (χ1n) is 3.19. The van der Waals surface area contributed by atoms with Crippen LogP contribution in [0.1, 0.15) is 6.42 Å². The number of nitrogens with one attached hydrogen (secondary N) is 1. The van der Waals surface area contributed by atoms with Crippen molar-refractivity contribution in [3.63, 3.8) is 0 Å². The minimum absolute atomic E-state index is 0.0312. The molecule has 0 aromatic rings. The molecule has 4 heteroatoms. The first-order chi connectivity index (χ1) is 5.24. The van der Waals surface area contributed by atoms with Gasteiger partial charge in [0.15, 0.2) is 0 Å².